The summed E-state index contributed by atoms with van der Waals surface area (Å²) in [6.07, 6.45) is 8.95. The number of benzene rings is 2. The molecule has 2 unspecified atom stereocenters. The summed E-state index contributed by atoms with van der Waals surface area (Å²) in [7, 11) is 0. The van der Waals surface area contributed by atoms with Crippen molar-refractivity contribution in [1.29, 1.82) is 5.26 Å². The van der Waals surface area contributed by atoms with Crippen LogP contribution in [0.4, 0.5) is 21.9 Å². The maximum Gasteiger partial charge on any atom is 0.323 e. The summed E-state index contributed by atoms with van der Waals surface area (Å²) < 4.78 is 4.50. The van der Waals surface area contributed by atoms with Crippen molar-refractivity contribution in [3.63, 3.8) is 0 Å². The first-order chi connectivity index (χ1) is 28.0. The van der Waals surface area contributed by atoms with E-state index in [4.69, 9.17) is 11.0 Å². The van der Waals surface area contributed by atoms with E-state index in [0.717, 1.165) is 101 Å². The lowest BCUT2D eigenvalue weighted by Gasteiger charge is -2.38. The van der Waals surface area contributed by atoms with Crippen LogP contribution in [-0.4, -0.2) is 99.8 Å². The summed E-state index contributed by atoms with van der Waals surface area (Å²) in [5.74, 6) is 0.821. The van der Waals surface area contributed by atoms with Crippen LogP contribution in [0.2, 0.25) is 0 Å². The number of amides is 4. The van der Waals surface area contributed by atoms with Gasteiger partial charge in [-0.2, -0.15) is 0 Å². The van der Waals surface area contributed by atoms with Crippen molar-refractivity contribution in [2.45, 2.75) is 65.5 Å². The highest BCUT2D eigenvalue weighted by atomic mass is 16.5. The van der Waals surface area contributed by atoms with Crippen LogP contribution >= 0.6 is 0 Å². The van der Waals surface area contributed by atoms with Crippen LogP contribution in [0.15, 0.2) is 73.1 Å². The number of carbonyl (C=O) groups is 3. The highest BCUT2D eigenvalue weighted by molar-refractivity contribution is 6.00. The van der Waals surface area contributed by atoms with Gasteiger partial charge in [0, 0.05) is 101 Å². The third kappa shape index (κ3) is 10.5. The van der Waals surface area contributed by atoms with Gasteiger partial charge in [-0.05, 0) is 98.2 Å². The molecule has 2 saturated heterocycles. The zero-order chi connectivity index (χ0) is 41.2. The molecule has 4 heterocycles. The van der Waals surface area contributed by atoms with E-state index in [-0.39, 0.29) is 17.8 Å². The van der Waals surface area contributed by atoms with Crippen molar-refractivity contribution in [2.24, 2.45) is 0 Å². The molecule has 4 amide bonds. The smallest absolute Gasteiger partial charge is 0.323 e. The molecule has 304 valence electrons. The number of nitriles is 1. The van der Waals surface area contributed by atoms with Gasteiger partial charge in [-0.25, -0.2) is 4.79 Å². The Balaban J connectivity index is 0.000000167. The van der Waals surface area contributed by atoms with Gasteiger partial charge < -0.3 is 30.9 Å². The Kier molecular flexibility index (Phi) is 13.9. The van der Waals surface area contributed by atoms with E-state index in [9.17, 15) is 14.4 Å². The molecule has 0 spiro atoms. The fraction of sp³-hybridized carbons (Fsp3) is 0.409. The molecule has 58 heavy (non-hydrogen) atoms. The standard InChI is InChI=1S/C22H27N5O2.C15H21N3O.C7H6N2O/c1-15-6-7-17(14-23-15)24-22(29)25-20-5-3-4-19-18(20)8-9-21(19)27-12-10-26(11-13-27)16(2)28;1-11(19)17-7-9-18(10-8-17)15-6-5-12-13(15)3-2-4-14(12)16;1-6-2-3-7(4-9-6)10-5-8/h3-7,14,21H,8-13H2,1-2H3,(H2,24,25,29);2-4,15H,5-10,16H2,1H3;2-4H,1H3. The van der Waals surface area contributed by atoms with Crippen molar-refractivity contribution < 1.29 is 19.1 Å². The number of aromatic nitrogens is 2. The van der Waals surface area contributed by atoms with Crippen LogP contribution in [-0.2, 0) is 22.4 Å². The normalized spacial score (nSPS) is 18.6. The average molecular weight is 787 g/mol. The number of nitrogens with two attached hydrogens (primary N) is 1. The third-order valence-electron chi connectivity index (χ3n) is 11.4. The van der Waals surface area contributed by atoms with Gasteiger partial charge in [0.2, 0.25) is 11.8 Å². The molecular formula is C44H54N10O4. The lowest BCUT2D eigenvalue weighted by atomic mass is 10.0. The number of nitrogen functional groups attached to an aromatic ring is 1. The number of anilines is 3. The van der Waals surface area contributed by atoms with E-state index in [2.05, 4.69) is 53.3 Å². The molecule has 4 aromatic rings. The first kappa shape index (κ1) is 41.6. The Hall–Kier alpha value is -6.04. The van der Waals surface area contributed by atoms with Gasteiger partial charge in [0.1, 0.15) is 0 Å². The Morgan fingerprint density at radius 1 is 0.707 bits per heavy atom. The molecule has 0 radical (unpaired) electrons. The second kappa shape index (κ2) is 19.4. The Morgan fingerprint density at radius 3 is 1.76 bits per heavy atom. The number of hydrogen-bond donors (Lipinski definition) is 3. The second-order valence-corrected chi connectivity index (χ2v) is 15.1. The zero-order valence-electron chi connectivity index (χ0n) is 33.9. The Morgan fingerprint density at radius 2 is 1.24 bits per heavy atom. The summed E-state index contributed by atoms with van der Waals surface area (Å²) in [5, 5.41) is 13.9. The number of rotatable bonds is 5. The minimum absolute atomic E-state index is 0.151. The summed E-state index contributed by atoms with van der Waals surface area (Å²) in [5.41, 5.74) is 15.6. The van der Waals surface area contributed by atoms with Crippen molar-refractivity contribution in [1.82, 2.24) is 29.6 Å². The lowest BCUT2D eigenvalue weighted by molar-refractivity contribution is -0.131. The van der Waals surface area contributed by atoms with Gasteiger partial charge in [0.05, 0.1) is 18.1 Å². The molecule has 0 bridgehead atoms. The fourth-order valence-corrected chi connectivity index (χ4v) is 8.26. The topological polar surface area (TPSA) is 173 Å². The molecule has 4 N–H and O–H groups in total. The van der Waals surface area contributed by atoms with Crippen LogP contribution in [0.3, 0.4) is 0 Å². The number of piperazine rings is 2. The van der Waals surface area contributed by atoms with Crippen LogP contribution in [0.5, 0.6) is 5.75 Å². The average Bonchev–Trinajstić information content (AvgIpc) is 3.87. The van der Waals surface area contributed by atoms with Crippen molar-refractivity contribution in [2.75, 3.05) is 68.7 Å². The van der Waals surface area contributed by atoms with E-state index in [1.54, 1.807) is 38.4 Å². The van der Waals surface area contributed by atoms with Crippen LogP contribution < -0.4 is 21.1 Å². The SMILES string of the molecule is CC(=O)N1CCN(C2CCc3c(N)cccc32)CC1.CC(=O)N1CCN(C2CCc3c(NC(=O)Nc4ccc(C)nc4)cccc32)CC1.Cc1ccc(OC#N)cn1. The number of hydrogen-bond acceptors (Lipinski definition) is 10. The Bertz CT molecular complexity index is 2090. The number of carbonyl (C=O) groups excluding carboxylic acids is 3. The molecule has 0 saturated carbocycles. The van der Waals surface area contributed by atoms with E-state index in [1.807, 2.05) is 54.0 Å². The van der Waals surface area contributed by atoms with Crippen LogP contribution in [0.25, 0.3) is 0 Å². The minimum Gasteiger partial charge on any atom is -0.398 e. The van der Waals surface area contributed by atoms with E-state index in [0.29, 0.717) is 23.5 Å². The molecular weight excluding hydrogens is 733 g/mol. The largest absolute Gasteiger partial charge is 0.398 e. The number of fused-ring (bicyclic) bond motifs is 2. The Labute approximate surface area is 341 Å². The highest BCUT2D eigenvalue weighted by Gasteiger charge is 2.33. The molecule has 2 aromatic heterocycles. The summed E-state index contributed by atoms with van der Waals surface area (Å²) in [4.78, 5) is 52.3. The maximum atomic E-state index is 12.5. The second-order valence-electron chi connectivity index (χ2n) is 15.1. The summed E-state index contributed by atoms with van der Waals surface area (Å²) >= 11 is 0. The highest BCUT2D eigenvalue weighted by Crippen LogP contribution is 2.40. The number of aryl methyl sites for hydroxylation is 2. The number of nitrogens with zero attached hydrogens (tertiary/aromatic N) is 7. The first-order valence-corrected chi connectivity index (χ1v) is 20.0. The molecule has 14 heteroatoms. The van der Waals surface area contributed by atoms with E-state index in [1.165, 1.54) is 28.5 Å². The summed E-state index contributed by atoms with van der Waals surface area (Å²) in [6.45, 7) is 14.1. The fourth-order valence-electron chi connectivity index (χ4n) is 8.26. The molecule has 4 aliphatic rings. The van der Waals surface area contributed by atoms with Gasteiger partial charge in [-0.3, -0.25) is 29.4 Å². The third-order valence-corrected chi connectivity index (χ3v) is 11.4. The van der Waals surface area contributed by atoms with Gasteiger partial charge in [0.15, 0.2) is 5.75 Å². The zero-order valence-corrected chi connectivity index (χ0v) is 33.9. The maximum absolute atomic E-state index is 12.5. The molecule has 14 nitrogen and oxygen atoms in total. The lowest BCUT2D eigenvalue weighted by Crippen LogP contribution is -2.48. The van der Waals surface area contributed by atoms with E-state index < -0.39 is 0 Å². The minimum atomic E-state index is -0.262. The van der Waals surface area contributed by atoms with Crippen LogP contribution in [0, 0.1) is 25.4 Å². The predicted octanol–water partition coefficient (Wildman–Crippen LogP) is 5.86. The molecule has 2 aliphatic heterocycles. The monoisotopic (exact) mass is 786 g/mol. The number of ether oxygens (including phenoxy) is 1. The van der Waals surface area contributed by atoms with Crippen molar-refractivity contribution in [3.05, 3.63) is 107 Å². The molecule has 2 fully saturated rings. The van der Waals surface area contributed by atoms with Gasteiger partial charge in [-0.1, -0.05) is 24.3 Å². The number of pyridine rings is 2. The van der Waals surface area contributed by atoms with Gasteiger partial charge >= 0.3 is 6.03 Å². The predicted molar refractivity (Wildman–Crippen MR) is 224 cm³/mol. The first-order valence-electron chi connectivity index (χ1n) is 20.0. The van der Waals surface area contributed by atoms with Crippen molar-refractivity contribution in [3.8, 4) is 12.0 Å². The van der Waals surface area contributed by atoms with Crippen molar-refractivity contribution >= 4 is 34.9 Å². The molecule has 2 atom stereocenters. The van der Waals surface area contributed by atoms with Gasteiger partial charge in [-0.15, -0.1) is 5.26 Å². The summed E-state index contributed by atoms with van der Waals surface area (Å²) in [6, 6.07) is 20.2. The van der Waals surface area contributed by atoms with Crippen LogP contribution in [0.1, 0.15) is 72.4 Å². The van der Waals surface area contributed by atoms with Gasteiger partial charge in [0.25, 0.3) is 6.26 Å². The number of nitrogens with one attached hydrogen (secondary N) is 2. The molecule has 2 aliphatic carbocycles. The van der Waals surface area contributed by atoms with E-state index >= 15 is 0 Å². The molecule has 2 aromatic carbocycles. The quantitative estimate of drug-likeness (QED) is 0.165. The molecule has 8 rings (SSSR count). The number of urea groups is 1.